The first-order valence-electron chi connectivity index (χ1n) is 8.31. The van der Waals surface area contributed by atoms with Gasteiger partial charge in [0.25, 0.3) is 0 Å². The Morgan fingerprint density at radius 1 is 1.31 bits per heavy atom. The molecule has 7 nitrogen and oxygen atoms in total. The summed E-state index contributed by atoms with van der Waals surface area (Å²) >= 11 is 1.34. The Kier molecular flexibility index (Phi) is 7.24. The van der Waals surface area contributed by atoms with Gasteiger partial charge in [-0.15, -0.1) is 0 Å². The highest BCUT2D eigenvalue weighted by Crippen LogP contribution is 2.19. The maximum Gasteiger partial charge on any atom is 0.242 e. The number of imidazole rings is 1. The fourth-order valence-corrected chi connectivity index (χ4v) is 4.15. The van der Waals surface area contributed by atoms with Gasteiger partial charge >= 0.3 is 0 Å². The van der Waals surface area contributed by atoms with Crippen LogP contribution in [-0.2, 0) is 21.9 Å². The standard InChI is InChI=1S/C17H24N4O3S2/c1-4-5-11-21(3)26(23,24)15-8-6-14(7-9-15)19-16(22)13-25-17-18-10-12-20(17)2/h6-10,12H,4-5,11,13H2,1-3H3,(H,19,22). The van der Waals surface area contributed by atoms with Crippen molar-refractivity contribution in [2.24, 2.45) is 7.05 Å². The van der Waals surface area contributed by atoms with Crippen LogP contribution in [0.3, 0.4) is 0 Å². The summed E-state index contributed by atoms with van der Waals surface area (Å²) in [6.07, 6.45) is 5.24. The number of aryl methyl sites for hydroxylation is 1. The molecule has 0 spiro atoms. The molecule has 0 saturated heterocycles. The summed E-state index contributed by atoms with van der Waals surface area (Å²) in [5, 5.41) is 3.52. The lowest BCUT2D eigenvalue weighted by molar-refractivity contribution is -0.113. The first-order chi connectivity index (χ1) is 12.3. The second-order valence-corrected chi connectivity index (χ2v) is 8.85. The summed E-state index contributed by atoms with van der Waals surface area (Å²) in [4.78, 5) is 16.4. The number of aromatic nitrogens is 2. The number of nitrogens with one attached hydrogen (secondary N) is 1. The number of anilines is 1. The van der Waals surface area contributed by atoms with Crippen LogP contribution in [0.2, 0.25) is 0 Å². The summed E-state index contributed by atoms with van der Waals surface area (Å²) in [6.45, 7) is 2.51. The fourth-order valence-electron chi connectivity index (χ4n) is 2.21. The zero-order chi connectivity index (χ0) is 19.2. The molecule has 0 unspecified atom stereocenters. The minimum absolute atomic E-state index is 0.173. The smallest absolute Gasteiger partial charge is 0.242 e. The van der Waals surface area contributed by atoms with Crippen LogP contribution >= 0.6 is 11.8 Å². The Labute approximate surface area is 158 Å². The van der Waals surface area contributed by atoms with E-state index < -0.39 is 10.0 Å². The third-order valence-corrected chi connectivity index (χ3v) is 6.71. The largest absolute Gasteiger partial charge is 0.329 e. The van der Waals surface area contributed by atoms with Crippen LogP contribution in [0, 0.1) is 0 Å². The van der Waals surface area contributed by atoms with E-state index in [0.29, 0.717) is 12.2 Å². The molecule has 142 valence electrons. The predicted molar refractivity (Wildman–Crippen MR) is 104 cm³/mol. The third-order valence-electron chi connectivity index (χ3n) is 3.78. The third kappa shape index (κ3) is 5.33. The normalized spacial score (nSPS) is 11.7. The first-order valence-corrected chi connectivity index (χ1v) is 10.7. The van der Waals surface area contributed by atoms with Crippen molar-refractivity contribution in [2.75, 3.05) is 24.7 Å². The molecule has 26 heavy (non-hydrogen) atoms. The maximum atomic E-state index is 12.5. The molecule has 0 aliphatic carbocycles. The average molecular weight is 397 g/mol. The van der Waals surface area contributed by atoms with Gasteiger partial charge in [-0.05, 0) is 30.7 Å². The van der Waals surface area contributed by atoms with Gasteiger partial charge in [-0.1, -0.05) is 25.1 Å². The van der Waals surface area contributed by atoms with E-state index in [4.69, 9.17) is 0 Å². The zero-order valence-electron chi connectivity index (χ0n) is 15.2. The van der Waals surface area contributed by atoms with Gasteiger partial charge in [0.05, 0.1) is 10.6 Å². The van der Waals surface area contributed by atoms with E-state index in [1.165, 1.54) is 28.2 Å². The average Bonchev–Trinajstić information content (AvgIpc) is 3.03. The van der Waals surface area contributed by atoms with Crippen molar-refractivity contribution in [3.05, 3.63) is 36.7 Å². The van der Waals surface area contributed by atoms with Crippen LogP contribution in [0.5, 0.6) is 0 Å². The summed E-state index contributed by atoms with van der Waals surface area (Å²) < 4.78 is 28.1. The summed E-state index contributed by atoms with van der Waals surface area (Å²) in [7, 11) is -0.0517. The highest BCUT2D eigenvalue weighted by Gasteiger charge is 2.20. The highest BCUT2D eigenvalue weighted by atomic mass is 32.2. The first kappa shape index (κ1) is 20.5. The van der Waals surface area contributed by atoms with E-state index in [1.807, 2.05) is 24.7 Å². The lowest BCUT2D eigenvalue weighted by Crippen LogP contribution is -2.27. The molecule has 0 saturated carbocycles. The molecular weight excluding hydrogens is 372 g/mol. The highest BCUT2D eigenvalue weighted by molar-refractivity contribution is 7.99. The van der Waals surface area contributed by atoms with Crippen LogP contribution in [0.25, 0.3) is 0 Å². The van der Waals surface area contributed by atoms with E-state index in [1.54, 1.807) is 25.4 Å². The van der Waals surface area contributed by atoms with Gasteiger partial charge in [0.15, 0.2) is 5.16 Å². The van der Waals surface area contributed by atoms with Crippen LogP contribution in [0.4, 0.5) is 5.69 Å². The molecule has 0 fully saturated rings. The van der Waals surface area contributed by atoms with E-state index in [9.17, 15) is 13.2 Å². The van der Waals surface area contributed by atoms with Gasteiger partial charge in [0.2, 0.25) is 15.9 Å². The molecule has 0 radical (unpaired) electrons. The van der Waals surface area contributed by atoms with Crippen molar-refractivity contribution in [3.63, 3.8) is 0 Å². The topological polar surface area (TPSA) is 84.3 Å². The van der Waals surface area contributed by atoms with Gasteiger partial charge in [-0.3, -0.25) is 4.79 Å². The summed E-state index contributed by atoms with van der Waals surface area (Å²) in [5.41, 5.74) is 0.561. The lowest BCUT2D eigenvalue weighted by Gasteiger charge is -2.17. The number of hydrogen-bond donors (Lipinski definition) is 1. The van der Waals surface area contributed by atoms with Gasteiger partial charge in [0.1, 0.15) is 0 Å². The molecule has 1 aromatic heterocycles. The minimum Gasteiger partial charge on any atom is -0.329 e. The number of nitrogens with zero attached hydrogens (tertiary/aromatic N) is 3. The molecule has 1 N–H and O–H groups in total. The molecule has 0 atom stereocenters. The maximum absolute atomic E-state index is 12.5. The molecule has 0 aliphatic rings. The predicted octanol–water partition coefficient (Wildman–Crippen LogP) is 2.57. The Balaban J connectivity index is 1.94. The second-order valence-electron chi connectivity index (χ2n) is 5.86. The number of carbonyl (C=O) groups is 1. The van der Waals surface area contributed by atoms with Crippen LogP contribution in [-0.4, -0.2) is 47.5 Å². The van der Waals surface area contributed by atoms with Gasteiger partial charge in [0, 0.05) is 38.7 Å². The molecule has 2 rings (SSSR count). The van der Waals surface area contributed by atoms with Crippen LogP contribution in [0.1, 0.15) is 19.8 Å². The monoisotopic (exact) mass is 396 g/mol. The van der Waals surface area contributed by atoms with Gasteiger partial charge in [-0.25, -0.2) is 17.7 Å². The fraction of sp³-hybridized carbons (Fsp3) is 0.412. The van der Waals surface area contributed by atoms with Crippen molar-refractivity contribution in [1.29, 1.82) is 0 Å². The Morgan fingerprint density at radius 3 is 2.58 bits per heavy atom. The number of unbranched alkanes of at least 4 members (excludes halogenated alkanes) is 1. The zero-order valence-corrected chi connectivity index (χ0v) is 16.8. The molecule has 1 heterocycles. The molecular formula is C17H24N4O3S2. The molecule has 1 amide bonds. The van der Waals surface area contributed by atoms with Crippen molar-refractivity contribution < 1.29 is 13.2 Å². The molecule has 0 aliphatic heterocycles. The van der Waals surface area contributed by atoms with Crippen LogP contribution in [0.15, 0.2) is 46.7 Å². The SMILES string of the molecule is CCCCN(C)S(=O)(=O)c1ccc(NC(=O)CSc2nccn2C)cc1. The number of amides is 1. The summed E-state index contributed by atoms with van der Waals surface area (Å²) in [6, 6.07) is 6.23. The summed E-state index contributed by atoms with van der Waals surface area (Å²) in [5.74, 6) is 0.0543. The van der Waals surface area contributed by atoms with Crippen molar-refractivity contribution in [3.8, 4) is 0 Å². The number of sulfonamides is 1. The molecule has 0 bridgehead atoms. The quantitative estimate of drug-likeness (QED) is 0.659. The van der Waals surface area contributed by atoms with Crippen LogP contribution < -0.4 is 5.32 Å². The van der Waals surface area contributed by atoms with E-state index in [-0.39, 0.29) is 16.6 Å². The Bertz CT molecular complexity index is 832. The van der Waals surface area contributed by atoms with E-state index in [2.05, 4.69) is 10.3 Å². The van der Waals surface area contributed by atoms with Crippen molar-refractivity contribution >= 4 is 33.4 Å². The van der Waals surface area contributed by atoms with Gasteiger partial charge in [-0.2, -0.15) is 0 Å². The minimum atomic E-state index is -3.50. The van der Waals surface area contributed by atoms with E-state index in [0.717, 1.165) is 18.0 Å². The second kappa shape index (κ2) is 9.20. The number of thioether (sulfide) groups is 1. The molecule has 2 aromatic rings. The van der Waals surface area contributed by atoms with Crippen molar-refractivity contribution in [2.45, 2.75) is 29.8 Å². The Hall–Kier alpha value is -1.84. The Morgan fingerprint density at radius 2 is 2.00 bits per heavy atom. The molecule has 9 heteroatoms. The van der Waals surface area contributed by atoms with Gasteiger partial charge < -0.3 is 9.88 Å². The number of carbonyl (C=O) groups excluding carboxylic acids is 1. The molecule has 1 aromatic carbocycles. The number of rotatable bonds is 9. The van der Waals surface area contributed by atoms with Crippen molar-refractivity contribution in [1.82, 2.24) is 13.9 Å². The van der Waals surface area contributed by atoms with E-state index >= 15 is 0 Å². The lowest BCUT2D eigenvalue weighted by atomic mass is 10.3. The number of benzene rings is 1. The number of hydrogen-bond acceptors (Lipinski definition) is 5.